The summed E-state index contributed by atoms with van der Waals surface area (Å²) in [4.78, 5) is 13.4. The average molecular weight is 470 g/mol. The number of amides is 1. The van der Waals surface area contributed by atoms with E-state index in [-0.39, 0.29) is 11.3 Å². The molecule has 0 atom stereocenters. The molecule has 0 radical (unpaired) electrons. The maximum absolute atomic E-state index is 12.4. The Morgan fingerprint density at radius 1 is 1.22 bits per heavy atom. The van der Waals surface area contributed by atoms with E-state index in [0.29, 0.717) is 16.8 Å². The highest BCUT2D eigenvalue weighted by molar-refractivity contribution is 9.10. The van der Waals surface area contributed by atoms with E-state index < -0.39 is 15.9 Å². The number of hydrogen-bond donors (Lipinski definition) is 1. The maximum atomic E-state index is 12.4. The normalized spacial score (nSPS) is 14.0. The Balaban J connectivity index is 1.62. The summed E-state index contributed by atoms with van der Waals surface area (Å²) in [5.41, 5.74) is 0.774. The van der Waals surface area contributed by atoms with Crippen LogP contribution in [0.3, 0.4) is 0 Å². The monoisotopic (exact) mass is 469 g/mol. The molecule has 5 nitrogen and oxygen atoms in total. The highest BCUT2D eigenvalue weighted by Gasteiger charge is 2.22. The first-order valence-corrected chi connectivity index (χ1v) is 11.8. The van der Waals surface area contributed by atoms with Crippen LogP contribution in [0.1, 0.15) is 25.3 Å². The van der Waals surface area contributed by atoms with Crippen molar-refractivity contribution in [3.8, 4) is 5.75 Å². The predicted molar refractivity (Wildman–Crippen MR) is 110 cm³/mol. The zero-order chi connectivity index (χ0) is 19.4. The highest BCUT2D eigenvalue weighted by Crippen LogP contribution is 2.39. The molecule has 1 aliphatic rings. The topological polar surface area (TPSA) is 72.5 Å². The lowest BCUT2D eigenvalue weighted by molar-refractivity contribution is -0.118. The van der Waals surface area contributed by atoms with Gasteiger partial charge in [-0.25, -0.2) is 13.1 Å². The van der Waals surface area contributed by atoms with Gasteiger partial charge in [0.1, 0.15) is 5.75 Å². The number of hydrogen-bond acceptors (Lipinski definition) is 5. The first kappa shape index (κ1) is 20.2. The molecule has 144 valence electrons. The van der Waals surface area contributed by atoms with Crippen molar-refractivity contribution in [3.63, 3.8) is 0 Å². The van der Waals surface area contributed by atoms with Crippen LogP contribution in [0.25, 0.3) is 0 Å². The largest absolute Gasteiger partial charge is 0.493 e. The van der Waals surface area contributed by atoms with E-state index in [1.54, 1.807) is 6.07 Å². The van der Waals surface area contributed by atoms with Gasteiger partial charge in [0, 0.05) is 10.1 Å². The van der Waals surface area contributed by atoms with E-state index in [9.17, 15) is 13.2 Å². The van der Waals surface area contributed by atoms with Crippen molar-refractivity contribution in [3.05, 3.63) is 52.5 Å². The molecule has 1 aliphatic carbocycles. The molecule has 0 aliphatic heterocycles. The van der Waals surface area contributed by atoms with Crippen LogP contribution >= 0.6 is 27.7 Å². The maximum Gasteiger partial charge on any atom is 0.264 e. The summed E-state index contributed by atoms with van der Waals surface area (Å²) in [7, 11) is -3.94. The van der Waals surface area contributed by atoms with Gasteiger partial charge in [0.15, 0.2) is 0 Å². The quantitative estimate of drug-likeness (QED) is 0.628. The van der Waals surface area contributed by atoms with Crippen molar-refractivity contribution in [2.75, 3.05) is 6.61 Å². The fraction of sp³-hybridized carbons (Fsp3) is 0.316. The molecule has 1 N–H and O–H groups in total. The fourth-order valence-corrected chi connectivity index (χ4v) is 5.12. The Hall–Kier alpha value is -1.51. The molecule has 3 rings (SSSR count). The Kier molecular flexibility index (Phi) is 6.49. The van der Waals surface area contributed by atoms with Crippen LogP contribution in [0.15, 0.2) is 56.7 Å². The number of ether oxygens (including phenoxy) is 1. The zero-order valence-corrected chi connectivity index (χ0v) is 18.0. The summed E-state index contributed by atoms with van der Waals surface area (Å²) in [5, 5.41) is 0.720. The number of rotatable bonds is 8. The summed E-state index contributed by atoms with van der Waals surface area (Å²) < 4.78 is 32.9. The summed E-state index contributed by atoms with van der Waals surface area (Å²) in [5.74, 6) is -0.0189. The third-order valence-corrected chi connectivity index (χ3v) is 7.22. The molecule has 1 amide bonds. The van der Waals surface area contributed by atoms with Gasteiger partial charge in [0.2, 0.25) is 5.91 Å². The lowest BCUT2D eigenvalue weighted by atomic mass is 10.1. The van der Waals surface area contributed by atoms with Crippen LogP contribution in [0.5, 0.6) is 5.75 Å². The molecule has 1 saturated carbocycles. The molecule has 2 aromatic carbocycles. The van der Waals surface area contributed by atoms with Gasteiger partial charge < -0.3 is 4.74 Å². The van der Waals surface area contributed by atoms with E-state index in [4.69, 9.17) is 4.74 Å². The van der Waals surface area contributed by atoms with Crippen molar-refractivity contribution in [1.82, 2.24) is 4.72 Å². The van der Waals surface area contributed by atoms with Crippen LogP contribution in [-0.2, 0) is 21.2 Å². The second-order valence-corrected chi connectivity index (χ2v) is 10.1. The number of halogens is 1. The number of carbonyl (C=O) groups is 1. The molecular formula is C19H20BrNO4S2. The molecular weight excluding hydrogens is 450 g/mol. The summed E-state index contributed by atoms with van der Waals surface area (Å²) in [6, 6.07) is 12.1. The van der Waals surface area contributed by atoms with Gasteiger partial charge in [-0.2, -0.15) is 0 Å². The Labute approximate surface area is 172 Å². The molecule has 0 unspecified atom stereocenters. The van der Waals surface area contributed by atoms with Gasteiger partial charge in [-0.1, -0.05) is 12.1 Å². The molecule has 0 aromatic heterocycles. The van der Waals surface area contributed by atoms with Crippen molar-refractivity contribution in [2.45, 2.75) is 41.2 Å². The minimum absolute atomic E-state index is 0.00218. The first-order valence-electron chi connectivity index (χ1n) is 8.61. The van der Waals surface area contributed by atoms with Crippen molar-refractivity contribution < 1.29 is 17.9 Å². The SMILES string of the molecule is CCOc1ccc(S(=O)(=O)NC(=O)Cc2ccc(SC3CC3)cc2)cc1Br. The second kappa shape index (κ2) is 8.67. The highest BCUT2D eigenvalue weighted by atomic mass is 79.9. The van der Waals surface area contributed by atoms with E-state index in [1.165, 1.54) is 29.9 Å². The smallest absolute Gasteiger partial charge is 0.264 e. The van der Waals surface area contributed by atoms with Crippen LogP contribution in [0.2, 0.25) is 0 Å². The number of sulfonamides is 1. The Morgan fingerprint density at radius 3 is 2.52 bits per heavy atom. The Bertz CT molecular complexity index is 925. The molecule has 0 heterocycles. The number of nitrogens with one attached hydrogen (secondary N) is 1. The van der Waals surface area contributed by atoms with Gasteiger partial charge >= 0.3 is 0 Å². The summed E-state index contributed by atoms with van der Waals surface area (Å²) in [6.45, 7) is 2.31. The minimum Gasteiger partial charge on any atom is -0.493 e. The zero-order valence-electron chi connectivity index (χ0n) is 14.8. The van der Waals surface area contributed by atoms with E-state index >= 15 is 0 Å². The van der Waals surface area contributed by atoms with E-state index in [2.05, 4.69) is 20.7 Å². The van der Waals surface area contributed by atoms with Gasteiger partial charge in [-0.15, -0.1) is 11.8 Å². The van der Waals surface area contributed by atoms with Crippen molar-refractivity contribution in [2.24, 2.45) is 0 Å². The third kappa shape index (κ3) is 5.73. The standard InChI is InChI=1S/C19H20BrNO4S2/c1-2-25-18-10-9-16(12-17(18)20)27(23,24)21-19(22)11-13-3-5-14(6-4-13)26-15-7-8-15/h3-6,9-10,12,15H,2,7-8,11H2,1H3,(H,21,22). The van der Waals surface area contributed by atoms with E-state index in [0.717, 1.165) is 10.8 Å². The molecule has 0 spiro atoms. The summed E-state index contributed by atoms with van der Waals surface area (Å²) in [6.07, 6.45) is 2.52. The van der Waals surface area contributed by atoms with Gasteiger partial charge in [-0.05, 0) is 71.6 Å². The van der Waals surface area contributed by atoms with E-state index in [1.807, 2.05) is 43.0 Å². The molecule has 27 heavy (non-hydrogen) atoms. The second-order valence-electron chi connectivity index (χ2n) is 6.19. The third-order valence-electron chi connectivity index (χ3n) is 3.88. The van der Waals surface area contributed by atoms with Crippen molar-refractivity contribution >= 4 is 43.6 Å². The summed E-state index contributed by atoms with van der Waals surface area (Å²) >= 11 is 5.12. The van der Waals surface area contributed by atoms with Crippen LogP contribution in [0.4, 0.5) is 0 Å². The van der Waals surface area contributed by atoms with Gasteiger partial charge in [0.25, 0.3) is 10.0 Å². The average Bonchev–Trinajstić information content (AvgIpc) is 3.42. The predicted octanol–water partition coefficient (Wildman–Crippen LogP) is 4.15. The van der Waals surface area contributed by atoms with Crippen molar-refractivity contribution in [1.29, 1.82) is 0 Å². The number of thioether (sulfide) groups is 1. The first-order chi connectivity index (χ1) is 12.9. The number of benzene rings is 2. The minimum atomic E-state index is -3.94. The number of carbonyl (C=O) groups excluding carboxylic acids is 1. The molecule has 2 aromatic rings. The van der Waals surface area contributed by atoms with Gasteiger partial charge in [0.05, 0.1) is 22.4 Å². The van der Waals surface area contributed by atoms with Gasteiger partial charge in [-0.3, -0.25) is 4.79 Å². The lowest BCUT2D eigenvalue weighted by Gasteiger charge is -2.10. The molecule has 0 bridgehead atoms. The molecule has 0 saturated heterocycles. The van der Waals surface area contributed by atoms with Crippen LogP contribution in [-0.4, -0.2) is 26.2 Å². The fourth-order valence-electron chi connectivity index (χ4n) is 2.42. The van der Waals surface area contributed by atoms with Crippen LogP contribution in [0, 0.1) is 0 Å². The molecule has 8 heteroatoms. The van der Waals surface area contributed by atoms with Crippen LogP contribution < -0.4 is 9.46 Å². The lowest BCUT2D eigenvalue weighted by Crippen LogP contribution is -2.31. The Morgan fingerprint density at radius 2 is 1.93 bits per heavy atom. The molecule has 1 fully saturated rings.